The molecular formula is C30H30O8. The van der Waals surface area contributed by atoms with Gasteiger partial charge in [-0.3, -0.25) is 9.59 Å². The van der Waals surface area contributed by atoms with Crippen LogP contribution in [0.5, 0.6) is 34.5 Å². The van der Waals surface area contributed by atoms with E-state index >= 15 is 0 Å². The monoisotopic (exact) mass is 518 g/mol. The van der Waals surface area contributed by atoms with Gasteiger partial charge in [-0.15, -0.1) is 0 Å². The third kappa shape index (κ3) is 4.53. The molecule has 0 saturated carbocycles. The van der Waals surface area contributed by atoms with Crippen LogP contribution in [0.3, 0.4) is 0 Å². The van der Waals surface area contributed by atoms with Crippen LogP contribution >= 0.6 is 0 Å². The minimum atomic E-state index is -0.700. The van der Waals surface area contributed by atoms with E-state index < -0.39 is 40.7 Å². The highest BCUT2D eigenvalue weighted by Gasteiger charge is 2.36. The highest BCUT2D eigenvalue weighted by molar-refractivity contribution is 6.04. The van der Waals surface area contributed by atoms with Gasteiger partial charge < -0.3 is 30.3 Å². The van der Waals surface area contributed by atoms with Crippen LogP contribution in [0.25, 0.3) is 0 Å². The Bertz CT molecular complexity index is 1480. The summed E-state index contributed by atoms with van der Waals surface area (Å²) in [6.07, 6.45) is 0.791. The largest absolute Gasteiger partial charge is 0.507 e. The number of rotatable bonds is 6. The van der Waals surface area contributed by atoms with Gasteiger partial charge >= 0.3 is 0 Å². The summed E-state index contributed by atoms with van der Waals surface area (Å²) in [4.78, 5) is 25.5. The first-order valence-electron chi connectivity index (χ1n) is 12.2. The van der Waals surface area contributed by atoms with Crippen LogP contribution in [0.15, 0.2) is 42.0 Å². The molecule has 1 heterocycles. The zero-order chi connectivity index (χ0) is 27.9. The molecule has 0 aliphatic carbocycles. The molecule has 0 bridgehead atoms. The first-order chi connectivity index (χ1) is 17.9. The molecule has 3 aromatic carbocycles. The van der Waals surface area contributed by atoms with Gasteiger partial charge in [0.2, 0.25) is 0 Å². The molecule has 8 heteroatoms. The highest BCUT2D eigenvalue weighted by Crippen LogP contribution is 2.51. The number of aromatic hydroxyl groups is 5. The molecule has 198 valence electrons. The zero-order valence-electron chi connectivity index (χ0n) is 21.6. The van der Waals surface area contributed by atoms with Gasteiger partial charge in [0.1, 0.15) is 51.7 Å². The predicted octanol–water partition coefficient (Wildman–Crippen LogP) is 5.53. The van der Waals surface area contributed by atoms with Gasteiger partial charge in [0.15, 0.2) is 11.6 Å². The van der Waals surface area contributed by atoms with E-state index in [0.29, 0.717) is 0 Å². The standard InChI is InChI=1S/C30H30O8/c1-14(2)10-11-18-27(35)20(12-19-25(33)15(3)26(34)23(16(4)31)29(19)37)30-24(28(18)36)21(32)13-22(38-30)17-8-6-5-7-9-17/h5-10,22,33-37H,11-13H2,1-4H3/t22-/m0/s1. The lowest BCUT2D eigenvalue weighted by Crippen LogP contribution is -2.22. The molecule has 5 N–H and O–H groups in total. The fourth-order valence-electron chi connectivity index (χ4n) is 4.75. The van der Waals surface area contributed by atoms with Crippen LogP contribution in [-0.4, -0.2) is 37.1 Å². The van der Waals surface area contributed by atoms with Crippen molar-refractivity contribution in [3.8, 4) is 34.5 Å². The summed E-state index contributed by atoms with van der Waals surface area (Å²) >= 11 is 0. The smallest absolute Gasteiger partial charge is 0.174 e. The van der Waals surface area contributed by atoms with E-state index in [1.54, 1.807) is 30.3 Å². The molecule has 1 aliphatic heterocycles. The summed E-state index contributed by atoms with van der Waals surface area (Å²) in [5.41, 5.74) is 1.15. The maximum absolute atomic E-state index is 13.4. The lowest BCUT2D eigenvalue weighted by atomic mass is 9.87. The van der Waals surface area contributed by atoms with E-state index in [9.17, 15) is 35.1 Å². The molecule has 0 radical (unpaired) electrons. The van der Waals surface area contributed by atoms with Crippen molar-refractivity contribution >= 4 is 11.6 Å². The Morgan fingerprint density at radius 2 is 1.55 bits per heavy atom. The van der Waals surface area contributed by atoms with Crippen molar-refractivity contribution in [1.29, 1.82) is 0 Å². The first-order valence-corrected chi connectivity index (χ1v) is 12.2. The lowest BCUT2D eigenvalue weighted by Gasteiger charge is -2.30. The molecule has 1 atom stereocenters. The normalized spacial score (nSPS) is 14.5. The molecule has 0 aromatic heterocycles. The number of carbonyl (C=O) groups excluding carboxylic acids is 2. The van der Waals surface area contributed by atoms with Gasteiger partial charge in [0, 0.05) is 28.7 Å². The van der Waals surface area contributed by atoms with E-state index in [0.717, 1.165) is 11.1 Å². The Kier molecular flexibility index (Phi) is 7.09. The fourth-order valence-corrected chi connectivity index (χ4v) is 4.75. The molecule has 8 nitrogen and oxygen atoms in total. The van der Waals surface area contributed by atoms with Crippen molar-refractivity contribution in [2.24, 2.45) is 0 Å². The molecule has 0 spiro atoms. The van der Waals surface area contributed by atoms with Crippen molar-refractivity contribution in [2.45, 2.75) is 53.1 Å². The minimum Gasteiger partial charge on any atom is -0.507 e. The first kappa shape index (κ1) is 26.6. The van der Waals surface area contributed by atoms with E-state index in [2.05, 4.69) is 0 Å². The summed E-state index contributed by atoms with van der Waals surface area (Å²) in [5, 5.41) is 54.5. The van der Waals surface area contributed by atoms with E-state index in [4.69, 9.17) is 4.74 Å². The molecule has 0 unspecified atom stereocenters. The van der Waals surface area contributed by atoms with Gasteiger partial charge in [0.05, 0.1) is 6.42 Å². The second-order valence-electron chi connectivity index (χ2n) is 9.75. The van der Waals surface area contributed by atoms with E-state index in [1.807, 2.05) is 19.9 Å². The summed E-state index contributed by atoms with van der Waals surface area (Å²) in [6.45, 7) is 6.26. The average Bonchev–Trinajstić information content (AvgIpc) is 2.86. The topological polar surface area (TPSA) is 145 Å². The summed E-state index contributed by atoms with van der Waals surface area (Å²) < 4.78 is 6.21. The Morgan fingerprint density at radius 3 is 2.16 bits per heavy atom. The van der Waals surface area contributed by atoms with E-state index in [-0.39, 0.29) is 64.1 Å². The molecule has 0 amide bonds. The van der Waals surface area contributed by atoms with Gasteiger partial charge in [-0.25, -0.2) is 0 Å². The van der Waals surface area contributed by atoms with Gasteiger partial charge in [0.25, 0.3) is 0 Å². The Labute approximate surface area is 220 Å². The number of hydrogen-bond acceptors (Lipinski definition) is 8. The van der Waals surface area contributed by atoms with Crippen LogP contribution in [-0.2, 0) is 12.8 Å². The van der Waals surface area contributed by atoms with Crippen molar-refractivity contribution in [3.05, 3.63) is 80.9 Å². The number of hydrogen-bond donors (Lipinski definition) is 5. The molecular weight excluding hydrogens is 488 g/mol. The summed E-state index contributed by atoms with van der Waals surface area (Å²) in [7, 11) is 0. The van der Waals surface area contributed by atoms with Crippen LogP contribution < -0.4 is 4.74 Å². The summed E-state index contributed by atoms with van der Waals surface area (Å²) in [5.74, 6) is -3.51. The number of allylic oxidation sites excluding steroid dienone is 2. The number of fused-ring (bicyclic) bond motifs is 1. The third-order valence-electron chi connectivity index (χ3n) is 6.85. The number of ketones is 2. The quantitative estimate of drug-likeness (QED) is 0.212. The van der Waals surface area contributed by atoms with Crippen molar-refractivity contribution in [3.63, 3.8) is 0 Å². The second-order valence-corrected chi connectivity index (χ2v) is 9.75. The van der Waals surface area contributed by atoms with Crippen LogP contribution in [0.4, 0.5) is 0 Å². The molecule has 0 fully saturated rings. The number of phenolic OH excluding ortho intramolecular Hbond substituents is 5. The SMILES string of the molecule is CC(=O)c1c(O)c(C)c(O)c(Cc2c(O)c(CC=C(C)C)c(O)c3c2O[C@H](c2ccccc2)CC3=O)c1O. The van der Waals surface area contributed by atoms with Crippen LogP contribution in [0.1, 0.15) is 81.8 Å². The molecule has 4 rings (SSSR count). The minimum absolute atomic E-state index is 0.0287. The maximum atomic E-state index is 13.4. The fraction of sp³-hybridized carbons (Fsp3) is 0.267. The van der Waals surface area contributed by atoms with Gasteiger partial charge in [-0.05, 0) is 39.7 Å². The molecule has 1 aliphatic rings. The van der Waals surface area contributed by atoms with Crippen molar-refractivity contribution in [2.75, 3.05) is 0 Å². The second kappa shape index (κ2) is 10.1. The van der Waals surface area contributed by atoms with Crippen LogP contribution in [0, 0.1) is 6.92 Å². The van der Waals surface area contributed by atoms with Crippen molar-refractivity contribution in [1.82, 2.24) is 0 Å². The number of ether oxygens (including phenoxy) is 1. The average molecular weight is 519 g/mol. The number of phenols is 5. The number of carbonyl (C=O) groups is 2. The molecule has 0 saturated heterocycles. The molecule has 38 heavy (non-hydrogen) atoms. The predicted molar refractivity (Wildman–Crippen MR) is 141 cm³/mol. The van der Waals surface area contributed by atoms with Crippen molar-refractivity contribution < 1.29 is 39.9 Å². The highest BCUT2D eigenvalue weighted by atomic mass is 16.5. The zero-order valence-corrected chi connectivity index (χ0v) is 21.6. The number of benzene rings is 3. The Balaban J connectivity index is 1.98. The molecule has 3 aromatic rings. The lowest BCUT2D eigenvalue weighted by molar-refractivity contribution is 0.0841. The Hall–Kier alpha value is -4.46. The maximum Gasteiger partial charge on any atom is 0.174 e. The van der Waals surface area contributed by atoms with Gasteiger partial charge in [-0.1, -0.05) is 42.0 Å². The van der Waals surface area contributed by atoms with E-state index in [1.165, 1.54) is 13.8 Å². The summed E-state index contributed by atoms with van der Waals surface area (Å²) in [6, 6.07) is 9.02. The Morgan fingerprint density at radius 1 is 0.895 bits per heavy atom. The number of Topliss-reactive ketones (excluding diaryl/α,β-unsaturated/α-hetero) is 2. The van der Waals surface area contributed by atoms with Gasteiger partial charge in [-0.2, -0.15) is 0 Å². The van der Waals surface area contributed by atoms with Crippen LogP contribution in [0.2, 0.25) is 0 Å². The third-order valence-corrected chi connectivity index (χ3v) is 6.85.